The molecule has 0 amide bonds. The van der Waals surface area contributed by atoms with Crippen molar-refractivity contribution >= 4 is 11.5 Å². The summed E-state index contributed by atoms with van der Waals surface area (Å²) in [6, 6.07) is 19.4. The number of nitrogens with zero attached hydrogens (tertiary/aromatic N) is 3. The van der Waals surface area contributed by atoms with Gasteiger partial charge in [-0.05, 0) is 56.0 Å². The molecule has 2 aromatic carbocycles. The van der Waals surface area contributed by atoms with Crippen LogP contribution in [0, 0.1) is 5.41 Å². The summed E-state index contributed by atoms with van der Waals surface area (Å²) < 4.78 is 5.93. The first kappa shape index (κ1) is 21.5. The number of likely N-dealkylation sites (tertiary alicyclic amines) is 1. The highest BCUT2D eigenvalue weighted by atomic mass is 16.5. The van der Waals surface area contributed by atoms with Crippen LogP contribution in [0.2, 0.25) is 0 Å². The Kier molecular flexibility index (Phi) is 7.28. The van der Waals surface area contributed by atoms with Crippen LogP contribution in [0.4, 0.5) is 11.5 Å². The molecule has 1 fully saturated rings. The van der Waals surface area contributed by atoms with Crippen LogP contribution < -0.4 is 5.32 Å². The van der Waals surface area contributed by atoms with E-state index < -0.39 is 0 Å². The van der Waals surface area contributed by atoms with Gasteiger partial charge in [0.1, 0.15) is 5.82 Å². The maximum atomic E-state index is 5.93. The average molecular weight is 417 g/mol. The topological polar surface area (TPSA) is 50.3 Å². The van der Waals surface area contributed by atoms with Crippen LogP contribution in [0.15, 0.2) is 73.2 Å². The summed E-state index contributed by atoms with van der Waals surface area (Å²) in [6.45, 7) is 6.93. The zero-order chi connectivity index (χ0) is 21.4. The smallest absolute Gasteiger partial charge is 0.148 e. The number of ether oxygens (including phenoxy) is 1. The molecule has 4 rings (SSSR count). The van der Waals surface area contributed by atoms with E-state index in [0.29, 0.717) is 0 Å². The van der Waals surface area contributed by atoms with Crippen molar-refractivity contribution in [2.45, 2.75) is 32.7 Å². The van der Waals surface area contributed by atoms with Crippen molar-refractivity contribution in [3.8, 4) is 0 Å². The van der Waals surface area contributed by atoms with Gasteiger partial charge < -0.3 is 10.1 Å². The number of rotatable bonds is 10. The lowest BCUT2D eigenvalue weighted by molar-refractivity contribution is 0.0489. The molecule has 1 aromatic heterocycles. The first-order valence-electron chi connectivity index (χ1n) is 11.2. The van der Waals surface area contributed by atoms with Crippen LogP contribution in [0.5, 0.6) is 0 Å². The van der Waals surface area contributed by atoms with Gasteiger partial charge in [0.2, 0.25) is 0 Å². The molecule has 2 heterocycles. The van der Waals surface area contributed by atoms with Gasteiger partial charge in [0.15, 0.2) is 0 Å². The summed E-state index contributed by atoms with van der Waals surface area (Å²) in [7, 11) is 0. The standard InChI is InChI=1S/C26H32N4O/c1-2-31-21-26(13-12-22-6-4-3-5-7-22)14-17-30(20-26)19-23-8-10-24(11-9-23)29-25-18-27-15-16-28-25/h3-11,15-16,18H,2,12-14,17,19-21H2,1H3,(H,28,29). The number of anilines is 2. The van der Waals surface area contributed by atoms with Gasteiger partial charge in [0.05, 0.1) is 12.8 Å². The molecule has 1 aliphatic heterocycles. The van der Waals surface area contributed by atoms with Crippen molar-refractivity contribution in [3.05, 3.63) is 84.3 Å². The second kappa shape index (κ2) is 10.5. The molecule has 0 spiro atoms. The minimum Gasteiger partial charge on any atom is -0.381 e. The van der Waals surface area contributed by atoms with E-state index in [9.17, 15) is 0 Å². The second-order valence-corrected chi connectivity index (χ2v) is 8.50. The molecule has 1 atom stereocenters. The Bertz CT molecular complexity index is 917. The quantitative estimate of drug-likeness (QED) is 0.499. The van der Waals surface area contributed by atoms with Crippen LogP contribution in [0.25, 0.3) is 0 Å². The van der Waals surface area contributed by atoms with Gasteiger partial charge in [0, 0.05) is 43.2 Å². The molecule has 1 saturated heterocycles. The molecule has 1 aliphatic rings. The largest absolute Gasteiger partial charge is 0.381 e. The Balaban J connectivity index is 1.34. The Morgan fingerprint density at radius 2 is 1.87 bits per heavy atom. The van der Waals surface area contributed by atoms with E-state index >= 15 is 0 Å². The SMILES string of the molecule is CCOCC1(CCc2ccccc2)CCN(Cc2ccc(Nc3cnccn3)cc2)C1. The lowest BCUT2D eigenvalue weighted by atomic mass is 9.82. The van der Waals surface area contributed by atoms with E-state index in [-0.39, 0.29) is 5.41 Å². The number of benzene rings is 2. The number of aromatic nitrogens is 2. The van der Waals surface area contributed by atoms with Crippen molar-refractivity contribution in [3.63, 3.8) is 0 Å². The highest BCUT2D eigenvalue weighted by Crippen LogP contribution is 2.36. The van der Waals surface area contributed by atoms with Crippen LogP contribution in [-0.2, 0) is 17.7 Å². The average Bonchev–Trinajstić information content (AvgIpc) is 3.22. The van der Waals surface area contributed by atoms with Crippen LogP contribution in [0.1, 0.15) is 30.9 Å². The van der Waals surface area contributed by atoms with Gasteiger partial charge in [-0.2, -0.15) is 0 Å². The zero-order valence-electron chi connectivity index (χ0n) is 18.3. The van der Waals surface area contributed by atoms with Gasteiger partial charge in [-0.25, -0.2) is 4.98 Å². The molecule has 0 bridgehead atoms. The summed E-state index contributed by atoms with van der Waals surface area (Å²) in [5.74, 6) is 0.758. The molecule has 31 heavy (non-hydrogen) atoms. The van der Waals surface area contributed by atoms with Crippen LogP contribution in [-0.4, -0.2) is 41.2 Å². The first-order valence-corrected chi connectivity index (χ1v) is 11.2. The van der Waals surface area contributed by atoms with E-state index in [1.54, 1.807) is 18.6 Å². The van der Waals surface area contributed by atoms with Crippen molar-refractivity contribution < 1.29 is 4.74 Å². The van der Waals surface area contributed by atoms with E-state index in [1.165, 1.54) is 24.0 Å². The van der Waals surface area contributed by atoms with Crippen LogP contribution >= 0.6 is 0 Å². The predicted octanol–water partition coefficient (Wildman–Crippen LogP) is 5.08. The lowest BCUT2D eigenvalue weighted by Gasteiger charge is -2.29. The molecule has 5 heteroatoms. The predicted molar refractivity (Wildman–Crippen MR) is 125 cm³/mol. The molecule has 3 aromatic rings. The fourth-order valence-electron chi connectivity index (χ4n) is 4.39. The van der Waals surface area contributed by atoms with E-state index in [4.69, 9.17) is 4.74 Å². The number of hydrogen-bond donors (Lipinski definition) is 1. The first-order chi connectivity index (χ1) is 15.2. The van der Waals surface area contributed by atoms with Crippen LogP contribution in [0.3, 0.4) is 0 Å². The summed E-state index contributed by atoms with van der Waals surface area (Å²) in [4.78, 5) is 10.9. The summed E-state index contributed by atoms with van der Waals surface area (Å²) in [5.41, 5.74) is 4.03. The minimum atomic E-state index is 0.249. The third-order valence-corrected chi connectivity index (χ3v) is 6.11. The number of nitrogens with one attached hydrogen (secondary N) is 1. The maximum absolute atomic E-state index is 5.93. The molecule has 1 N–H and O–H groups in total. The molecule has 162 valence electrons. The van der Waals surface area contributed by atoms with E-state index in [2.05, 4.69) is 81.7 Å². The Morgan fingerprint density at radius 3 is 2.61 bits per heavy atom. The molecule has 0 radical (unpaired) electrons. The van der Waals surface area contributed by atoms with Gasteiger partial charge in [-0.15, -0.1) is 0 Å². The summed E-state index contributed by atoms with van der Waals surface area (Å²) >= 11 is 0. The van der Waals surface area contributed by atoms with Crippen molar-refractivity contribution in [1.82, 2.24) is 14.9 Å². The minimum absolute atomic E-state index is 0.249. The summed E-state index contributed by atoms with van der Waals surface area (Å²) in [6.07, 6.45) is 8.59. The van der Waals surface area contributed by atoms with Gasteiger partial charge >= 0.3 is 0 Å². The number of hydrogen-bond acceptors (Lipinski definition) is 5. The Hall–Kier alpha value is -2.76. The Labute approximate surface area is 185 Å². The number of aryl methyl sites for hydroxylation is 1. The molecule has 5 nitrogen and oxygen atoms in total. The lowest BCUT2D eigenvalue weighted by Crippen LogP contribution is -2.32. The molecular formula is C26H32N4O. The zero-order valence-corrected chi connectivity index (χ0v) is 18.3. The Morgan fingerprint density at radius 1 is 1.03 bits per heavy atom. The normalized spacial score (nSPS) is 18.9. The van der Waals surface area contributed by atoms with Gasteiger partial charge in [-0.3, -0.25) is 9.88 Å². The van der Waals surface area contributed by atoms with Gasteiger partial charge in [0.25, 0.3) is 0 Å². The molecular weight excluding hydrogens is 384 g/mol. The van der Waals surface area contributed by atoms with Crippen molar-refractivity contribution in [2.24, 2.45) is 5.41 Å². The van der Waals surface area contributed by atoms with Crippen molar-refractivity contribution in [1.29, 1.82) is 0 Å². The summed E-state index contributed by atoms with van der Waals surface area (Å²) in [5, 5.41) is 3.29. The highest BCUT2D eigenvalue weighted by molar-refractivity contribution is 5.55. The monoisotopic (exact) mass is 416 g/mol. The van der Waals surface area contributed by atoms with Crippen molar-refractivity contribution in [2.75, 3.05) is 31.6 Å². The fraction of sp³-hybridized carbons (Fsp3) is 0.385. The van der Waals surface area contributed by atoms with Gasteiger partial charge in [-0.1, -0.05) is 42.5 Å². The van der Waals surface area contributed by atoms with E-state index in [1.807, 2.05) is 0 Å². The maximum Gasteiger partial charge on any atom is 0.148 e. The molecule has 0 aliphatic carbocycles. The van der Waals surface area contributed by atoms with E-state index in [0.717, 1.165) is 50.8 Å². The third kappa shape index (κ3) is 6.12. The second-order valence-electron chi connectivity index (χ2n) is 8.50. The third-order valence-electron chi connectivity index (χ3n) is 6.11. The highest BCUT2D eigenvalue weighted by Gasteiger charge is 2.37. The molecule has 1 unspecified atom stereocenters. The fourth-order valence-corrected chi connectivity index (χ4v) is 4.39. The molecule has 0 saturated carbocycles.